The molecule has 1 spiro atoms. The van der Waals surface area contributed by atoms with Crippen molar-refractivity contribution in [1.82, 2.24) is 15.1 Å². The zero-order valence-corrected chi connectivity index (χ0v) is 16.6. The van der Waals surface area contributed by atoms with E-state index in [1.807, 2.05) is 52.4 Å². The van der Waals surface area contributed by atoms with Crippen LogP contribution in [0.15, 0.2) is 60.9 Å². The second-order valence-electron chi connectivity index (χ2n) is 8.00. The first-order chi connectivity index (χ1) is 14.6. The molecule has 2 fully saturated rings. The number of aromatic nitrogens is 2. The van der Waals surface area contributed by atoms with Crippen molar-refractivity contribution in [2.45, 2.75) is 24.9 Å². The number of anilines is 1. The van der Waals surface area contributed by atoms with Gasteiger partial charge in [-0.25, -0.2) is 4.79 Å². The van der Waals surface area contributed by atoms with Gasteiger partial charge in [0, 0.05) is 37.2 Å². The zero-order chi connectivity index (χ0) is 20.6. The topological polar surface area (TPSA) is 81.7 Å². The Bertz CT molecular complexity index is 1030. The number of nitrogens with one attached hydrogen (secondary N) is 1. The number of carbonyl (C=O) groups is 1. The monoisotopic (exact) mass is 404 g/mol. The molecule has 5 rings (SSSR count). The normalized spacial score (nSPS) is 18.3. The Balaban J connectivity index is 1.44. The van der Waals surface area contributed by atoms with Gasteiger partial charge in [-0.1, -0.05) is 24.3 Å². The van der Waals surface area contributed by atoms with Gasteiger partial charge in [0.25, 0.3) is 0 Å². The fourth-order valence-corrected chi connectivity index (χ4v) is 4.49. The second-order valence-corrected chi connectivity index (χ2v) is 8.00. The summed E-state index contributed by atoms with van der Waals surface area (Å²) in [6.07, 6.45) is 5.25. The van der Waals surface area contributed by atoms with E-state index < -0.39 is 0 Å². The van der Waals surface area contributed by atoms with Gasteiger partial charge in [-0.15, -0.1) is 0 Å². The van der Waals surface area contributed by atoms with Crippen molar-refractivity contribution < 1.29 is 14.6 Å². The van der Waals surface area contributed by atoms with Gasteiger partial charge in [0.15, 0.2) is 0 Å². The molecular formula is C23H24N4O3. The van der Waals surface area contributed by atoms with Gasteiger partial charge >= 0.3 is 6.03 Å². The van der Waals surface area contributed by atoms with Crippen LogP contribution in [0.3, 0.4) is 0 Å². The lowest BCUT2D eigenvalue weighted by molar-refractivity contribution is 0.00609. The molecule has 2 amide bonds. The molecule has 0 aliphatic carbocycles. The number of H-pyrrole nitrogens is 1. The number of phenols is 1. The summed E-state index contributed by atoms with van der Waals surface area (Å²) in [4.78, 5) is 17.4. The average molecular weight is 404 g/mol. The lowest BCUT2D eigenvalue weighted by Gasteiger charge is -2.39. The first kappa shape index (κ1) is 18.7. The highest BCUT2D eigenvalue weighted by Crippen LogP contribution is 2.39. The fourth-order valence-electron chi connectivity index (χ4n) is 4.49. The summed E-state index contributed by atoms with van der Waals surface area (Å²) in [5, 5.41) is 16.7. The quantitative estimate of drug-likeness (QED) is 0.694. The molecule has 3 aromatic rings. The van der Waals surface area contributed by atoms with Crippen LogP contribution in [-0.4, -0.2) is 51.5 Å². The van der Waals surface area contributed by atoms with E-state index in [1.54, 1.807) is 18.3 Å². The van der Waals surface area contributed by atoms with Gasteiger partial charge in [-0.3, -0.25) is 10.00 Å². The van der Waals surface area contributed by atoms with Crippen LogP contribution in [-0.2, 0) is 11.3 Å². The lowest BCUT2D eigenvalue weighted by atomic mass is 9.89. The van der Waals surface area contributed by atoms with Crippen LogP contribution >= 0.6 is 0 Å². The number of ether oxygens (including phenoxy) is 1. The van der Waals surface area contributed by atoms with Crippen LogP contribution < -0.4 is 4.90 Å². The van der Waals surface area contributed by atoms with Crippen LogP contribution in [0.4, 0.5) is 10.5 Å². The summed E-state index contributed by atoms with van der Waals surface area (Å²) in [6, 6.07) is 15.1. The van der Waals surface area contributed by atoms with Crippen molar-refractivity contribution in [3.8, 4) is 16.9 Å². The minimum absolute atomic E-state index is 0.00342. The largest absolute Gasteiger partial charge is 0.508 e. The third-order valence-electron chi connectivity index (χ3n) is 6.17. The van der Waals surface area contributed by atoms with E-state index in [-0.39, 0.29) is 17.3 Å². The number of urea groups is 1. The molecule has 2 saturated heterocycles. The van der Waals surface area contributed by atoms with E-state index in [4.69, 9.17) is 4.74 Å². The first-order valence-corrected chi connectivity index (χ1v) is 10.2. The summed E-state index contributed by atoms with van der Waals surface area (Å²) < 4.78 is 5.60. The first-order valence-electron chi connectivity index (χ1n) is 10.2. The molecule has 2 aliphatic rings. The number of hydrogen-bond donors (Lipinski definition) is 2. The van der Waals surface area contributed by atoms with Crippen LogP contribution in [0.2, 0.25) is 0 Å². The third-order valence-corrected chi connectivity index (χ3v) is 6.17. The molecule has 0 unspecified atom stereocenters. The lowest BCUT2D eigenvalue weighted by Crippen LogP contribution is -2.50. The number of benzene rings is 2. The van der Waals surface area contributed by atoms with Crippen molar-refractivity contribution in [2.24, 2.45) is 0 Å². The second kappa shape index (κ2) is 7.50. The molecule has 0 saturated carbocycles. The predicted octanol–water partition coefficient (Wildman–Crippen LogP) is 3.77. The predicted molar refractivity (Wildman–Crippen MR) is 113 cm³/mol. The van der Waals surface area contributed by atoms with Gasteiger partial charge in [-0.05, 0) is 48.2 Å². The van der Waals surface area contributed by atoms with E-state index in [9.17, 15) is 9.90 Å². The molecular weight excluding hydrogens is 380 g/mol. The van der Waals surface area contributed by atoms with E-state index in [0.29, 0.717) is 26.3 Å². The molecule has 2 N–H and O–H groups in total. The number of amides is 2. The van der Waals surface area contributed by atoms with Crippen molar-refractivity contribution >= 4 is 11.7 Å². The fraction of sp³-hybridized carbons (Fsp3) is 0.304. The van der Waals surface area contributed by atoms with E-state index in [0.717, 1.165) is 35.2 Å². The van der Waals surface area contributed by atoms with E-state index in [1.165, 1.54) is 0 Å². The summed E-state index contributed by atoms with van der Waals surface area (Å²) in [6.45, 7) is 2.41. The molecule has 30 heavy (non-hydrogen) atoms. The molecule has 7 nitrogen and oxygen atoms in total. The molecule has 0 atom stereocenters. The molecule has 0 bridgehead atoms. The molecule has 1 aromatic heterocycles. The highest BCUT2D eigenvalue weighted by atomic mass is 16.5. The third kappa shape index (κ3) is 3.31. The molecule has 2 aliphatic heterocycles. The summed E-state index contributed by atoms with van der Waals surface area (Å²) in [5.41, 5.74) is 3.62. The van der Waals surface area contributed by atoms with Crippen LogP contribution in [0.1, 0.15) is 18.4 Å². The van der Waals surface area contributed by atoms with Crippen molar-refractivity contribution in [2.75, 3.05) is 24.7 Å². The number of carbonyl (C=O) groups excluding carboxylic acids is 1. The highest BCUT2D eigenvalue weighted by molar-refractivity contribution is 5.95. The van der Waals surface area contributed by atoms with Crippen LogP contribution in [0.5, 0.6) is 5.75 Å². The Morgan fingerprint density at radius 2 is 1.90 bits per heavy atom. The smallest absolute Gasteiger partial charge is 0.325 e. The molecule has 7 heteroatoms. The average Bonchev–Trinajstić information content (AvgIpc) is 3.39. The molecule has 2 aromatic carbocycles. The minimum Gasteiger partial charge on any atom is -0.508 e. The van der Waals surface area contributed by atoms with Crippen molar-refractivity contribution in [1.29, 1.82) is 0 Å². The Morgan fingerprint density at radius 3 is 2.60 bits per heavy atom. The number of phenolic OH excluding ortho intramolecular Hbond substituents is 1. The summed E-state index contributed by atoms with van der Waals surface area (Å²) >= 11 is 0. The van der Waals surface area contributed by atoms with Crippen LogP contribution in [0, 0.1) is 0 Å². The van der Waals surface area contributed by atoms with Crippen molar-refractivity contribution in [3.05, 3.63) is 66.5 Å². The molecule has 154 valence electrons. The number of rotatable bonds is 4. The number of nitrogens with zero attached hydrogens (tertiary/aromatic N) is 3. The zero-order valence-electron chi connectivity index (χ0n) is 16.6. The Morgan fingerprint density at radius 1 is 1.10 bits per heavy atom. The maximum Gasteiger partial charge on any atom is 0.325 e. The van der Waals surface area contributed by atoms with E-state index >= 15 is 0 Å². The maximum absolute atomic E-state index is 13.5. The van der Waals surface area contributed by atoms with Gasteiger partial charge in [-0.2, -0.15) is 5.10 Å². The molecule has 3 heterocycles. The summed E-state index contributed by atoms with van der Waals surface area (Å²) in [7, 11) is 0. The van der Waals surface area contributed by atoms with Crippen LogP contribution in [0.25, 0.3) is 11.1 Å². The van der Waals surface area contributed by atoms with Gasteiger partial charge < -0.3 is 14.7 Å². The Labute approximate surface area is 174 Å². The number of aromatic amines is 1. The highest BCUT2D eigenvalue weighted by Gasteiger charge is 2.50. The van der Waals surface area contributed by atoms with E-state index in [2.05, 4.69) is 10.2 Å². The van der Waals surface area contributed by atoms with Gasteiger partial charge in [0.2, 0.25) is 0 Å². The van der Waals surface area contributed by atoms with Gasteiger partial charge in [0.05, 0.1) is 18.3 Å². The number of aromatic hydroxyl groups is 1. The van der Waals surface area contributed by atoms with Crippen molar-refractivity contribution in [3.63, 3.8) is 0 Å². The number of hydrogen-bond acceptors (Lipinski definition) is 4. The minimum atomic E-state index is -0.260. The Hall–Kier alpha value is -3.32. The Kier molecular flexibility index (Phi) is 4.67. The van der Waals surface area contributed by atoms with Gasteiger partial charge in [0.1, 0.15) is 5.75 Å². The SMILES string of the molecule is O=C1N(c2ccc(-c3cn[nH]c3)cc2)CC2(CCOCC2)N1Cc1cccc(O)c1. The standard InChI is InChI=1S/C23H24N4O3/c28-21-3-1-2-17(12-21)15-27-22(29)26(16-23(27)8-10-30-11-9-23)20-6-4-18(5-7-20)19-13-24-25-14-19/h1-7,12-14,28H,8-11,15-16H2,(H,24,25). The molecule has 0 radical (unpaired) electrons. The maximum atomic E-state index is 13.5. The summed E-state index contributed by atoms with van der Waals surface area (Å²) in [5.74, 6) is 0.215.